The number of anilines is 2. The lowest BCUT2D eigenvalue weighted by molar-refractivity contribution is 0.318. The van der Waals surface area contributed by atoms with Crippen LogP contribution in [0.2, 0.25) is 0 Å². The Morgan fingerprint density at radius 3 is 2.40 bits per heavy atom. The molecule has 1 aromatic carbocycles. The van der Waals surface area contributed by atoms with E-state index in [4.69, 9.17) is 16.2 Å². The Kier molecular flexibility index (Phi) is 5.00. The van der Waals surface area contributed by atoms with E-state index in [2.05, 4.69) is 9.97 Å². The summed E-state index contributed by atoms with van der Waals surface area (Å²) in [5.41, 5.74) is 11.2. The summed E-state index contributed by atoms with van der Waals surface area (Å²) in [6.07, 6.45) is 0.806. The Bertz CT molecular complexity index is 545. The van der Waals surface area contributed by atoms with Crippen LogP contribution >= 0.6 is 11.8 Å². The molecule has 1 heterocycles. The number of nitrogen functional groups attached to an aromatic ring is 2. The second-order valence-corrected chi connectivity index (χ2v) is 5.07. The first-order valence-corrected chi connectivity index (χ1v) is 7.03. The molecule has 0 aliphatic carbocycles. The number of halogens is 1. The molecule has 0 saturated carbocycles. The van der Waals surface area contributed by atoms with Gasteiger partial charge < -0.3 is 16.2 Å². The van der Waals surface area contributed by atoms with Crippen molar-refractivity contribution in [2.75, 3.05) is 23.8 Å². The van der Waals surface area contributed by atoms with Gasteiger partial charge in [-0.15, -0.1) is 0 Å². The van der Waals surface area contributed by atoms with E-state index in [0.717, 1.165) is 12.2 Å². The van der Waals surface area contributed by atoms with Crippen molar-refractivity contribution in [2.45, 2.75) is 11.6 Å². The van der Waals surface area contributed by atoms with E-state index in [-0.39, 0.29) is 5.82 Å². The number of thioether (sulfide) groups is 1. The Hall–Kier alpha value is -2.02. The molecule has 0 amide bonds. The number of hydrogen-bond donors (Lipinski definition) is 2. The normalized spacial score (nSPS) is 10.4. The summed E-state index contributed by atoms with van der Waals surface area (Å²) < 4.78 is 18.2. The zero-order valence-electron chi connectivity index (χ0n) is 10.8. The monoisotopic (exact) mass is 294 g/mol. The molecule has 0 fully saturated rings. The third-order valence-corrected chi connectivity index (χ3v) is 3.28. The van der Waals surface area contributed by atoms with Crippen LogP contribution in [-0.4, -0.2) is 22.3 Å². The fraction of sp³-hybridized carbons (Fsp3) is 0.231. The zero-order valence-corrected chi connectivity index (χ0v) is 11.6. The molecule has 20 heavy (non-hydrogen) atoms. The number of nitrogens with zero attached hydrogens (tertiary/aromatic N) is 2. The molecule has 1 aromatic heterocycles. The number of aromatic nitrogens is 2. The van der Waals surface area contributed by atoms with Crippen LogP contribution in [-0.2, 0) is 0 Å². The van der Waals surface area contributed by atoms with Gasteiger partial charge in [-0.2, -0.15) is 0 Å². The summed E-state index contributed by atoms with van der Waals surface area (Å²) in [5, 5.41) is 0.560. The molecule has 2 rings (SSSR count). The highest BCUT2D eigenvalue weighted by atomic mass is 32.2. The van der Waals surface area contributed by atoms with Crippen LogP contribution in [0.15, 0.2) is 35.5 Å². The molecule has 0 unspecified atom stereocenters. The first-order valence-electron chi connectivity index (χ1n) is 6.05. The molecule has 0 saturated heterocycles. The highest BCUT2D eigenvalue weighted by molar-refractivity contribution is 7.99. The Balaban J connectivity index is 1.70. The zero-order chi connectivity index (χ0) is 14.4. The fourth-order valence-electron chi connectivity index (χ4n) is 1.47. The molecule has 7 heteroatoms. The average molecular weight is 294 g/mol. The molecule has 5 nitrogen and oxygen atoms in total. The SMILES string of the molecule is Nc1cc(N)nc(SCCCOc2ccc(F)cc2)n1. The maximum atomic E-state index is 12.7. The van der Waals surface area contributed by atoms with Crippen molar-refractivity contribution in [3.63, 3.8) is 0 Å². The lowest BCUT2D eigenvalue weighted by Crippen LogP contribution is -2.01. The van der Waals surface area contributed by atoms with Crippen molar-refractivity contribution in [1.29, 1.82) is 0 Å². The standard InChI is InChI=1S/C13H15FN4OS/c14-9-2-4-10(5-3-9)19-6-1-7-20-13-17-11(15)8-12(16)18-13/h2-5,8H,1,6-7H2,(H4,15,16,17,18). The predicted molar refractivity (Wildman–Crippen MR) is 78.1 cm³/mol. The summed E-state index contributed by atoms with van der Waals surface area (Å²) in [6, 6.07) is 7.46. The minimum Gasteiger partial charge on any atom is -0.494 e. The van der Waals surface area contributed by atoms with Gasteiger partial charge >= 0.3 is 0 Å². The molecular weight excluding hydrogens is 279 g/mol. The maximum absolute atomic E-state index is 12.7. The van der Waals surface area contributed by atoms with E-state index in [9.17, 15) is 4.39 Å². The van der Waals surface area contributed by atoms with Crippen LogP contribution in [0.25, 0.3) is 0 Å². The van der Waals surface area contributed by atoms with Crippen molar-refractivity contribution in [1.82, 2.24) is 9.97 Å². The molecule has 0 radical (unpaired) electrons. The van der Waals surface area contributed by atoms with Gasteiger partial charge in [0, 0.05) is 11.8 Å². The molecule has 0 aliphatic heterocycles. The average Bonchev–Trinajstić information content (AvgIpc) is 2.39. The second kappa shape index (κ2) is 6.95. The largest absolute Gasteiger partial charge is 0.494 e. The van der Waals surface area contributed by atoms with Crippen molar-refractivity contribution in [3.05, 3.63) is 36.1 Å². The van der Waals surface area contributed by atoms with Gasteiger partial charge in [-0.1, -0.05) is 11.8 Å². The number of benzene rings is 1. The van der Waals surface area contributed by atoms with E-state index in [1.165, 1.54) is 30.0 Å². The third kappa shape index (κ3) is 4.58. The lowest BCUT2D eigenvalue weighted by Gasteiger charge is -2.06. The van der Waals surface area contributed by atoms with E-state index in [1.54, 1.807) is 12.1 Å². The highest BCUT2D eigenvalue weighted by Crippen LogP contribution is 2.17. The van der Waals surface area contributed by atoms with Crippen molar-refractivity contribution in [3.8, 4) is 5.75 Å². The van der Waals surface area contributed by atoms with Gasteiger partial charge in [0.2, 0.25) is 0 Å². The van der Waals surface area contributed by atoms with Gasteiger partial charge in [0.1, 0.15) is 23.2 Å². The lowest BCUT2D eigenvalue weighted by atomic mass is 10.3. The third-order valence-electron chi connectivity index (χ3n) is 2.35. The fourth-order valence-corrected chi connectivity index (χ4v) is 2.25. The number of ether oxygens (including phenoxy) is 1. The Labute approximate surface area is 120 Å². The van der Waals surface area contributed by atoms with Crippen LogP contribution in [0.4, 0.5) is 16.0 Å². The number of nitrogens with two attached hydrogens (primary N) is 2. The first kappa shape index (κ1) is 14.4. The molecular formula is C13H15FN4OS. The quantitative estimate of drug-likeness (QED) is 0.483. The Morgan fingerprint density at radius 2 is 1.75 bits per heavy atom. The van der Waals surface area contributed by atoms with E-state index >= 15 is 0 Å². The van der Waals surface area contributed by atoms with Gasteiger partial charge in [0.25, 0.3) is 0 Å². The van der Waals surface area contributed by atoms with Crippen LogP contribution < -0.4 is 16.2 Å². The van der Waals surface area contributed by atoms with Gasteiger partial charge in [0.15, 0.2) is 5.16 Å². The first-order chi connectivity index (χ1) is 9.63. The minimum absolute atomic E-state index is 0.274. The molecule has 0 spiro atoms. The summed E-state index contributed by atoms with van der Waals surface area (Å²) in [5.74, 6) is 1.89. The molecule has 4 N–H and O–H groups in total. The maximum Gasteiger partial charge on any atom is 0.191 e. The van der Waals surface area contributed by atoms with Gasteiger partial charge in [-0.25, -0.2) is 14.4 Å². The van der Waals surface area contributed by atoms with Gasteiger partial charge in [-0.05, 0) is 30.7 Å². The van der Waals surface area contributed by atoms with Crippen LogP contribution in [0.3, 0.4) is 0 Å². The smallest absolute Gasteiger partial charge is 0.191 e. The van der Waals surface area contributed by atoms with Crippen molar-refractivity contribution >= 4 is 23.4 Å². The molecule has 0 bridgehead atoms. The predicted octanol–water partition coefficient (Wildman–Crippen LogP) is 2.34. The topological polar surface area (TPSA) is 87.1 Å². The summed E-state index contributed by atoms with van der Waals surface area (Å²) >= 11 is 1.46. The Morgan fingerprint density at radius 1 is 1.10 bits per heavy atom. The van der Waals surface area contributed by atoms with Crippen LogP contribution in [0, 0.1) is 5.82 Å². The van der Waals surface area contributed by atoms with Crippen molar-refractivity contribution in [2.24, 2.45) is 0 Å². The summed E-state index contributed by atoms with van der Waals surface area (Å²) in [6.45, 7) is 0.538. The number of hydrogen-bond acceptors (Lipinski definition) is 6. The molecule has 0 aliphatic rings. The summed E-state index contributed by atoms with van der Waals surface area (Å²) in [7, 11) is 0. The minimum atomic E-state index is -0.274. The van der Waals surface area contributed by atoms with E-state index < -0.39 is 0 Å². The van der Waals surface area contributed by atoms with Gasteiger partial charge in [0.05, 0.1) is 6.61 Å². The van der Waals surface area contributed by atoms with Crippen molar-refractivity contribution < 1.29 is 9.13 Å². The second-order valence-electron chi connectivity index (χ2n) is 4.00. The molecule has 0 atom stereocenters. The van der Waals surface area contributed by atoms with Gasteiger partial charge in [-0.3, -0.25) is 0 Å². The van der Waals surface area contributed by atoms with E-state index in [0.29, 0.717) is 29.1 Å². The summed E-state index contributed by atoms with van der Waals surface area (Å²) in [4.78, 5) is 8.13. The van der Waals surface area contributed by atoms with Crippen LogP contribution in [0.1, 0.15) is 6.42 Å². The molecule has 106 valence electrons. The van der Waals surface area contributed by atoms with Crippen LogP contribution in [0.5, 0.6) is 5.75 Å². The number of rotatable bonds is 6. The highest BCUT2D eigenvalue weighted by Gasteiger charge is 2.01. The van der Waals surface area contributed by atoms with E-state index in [1.807, 2.05) is 0 Å². The molecule has 2 aromatic rings.